The van der Waals surface area contributed by atoms with Crippen LogP contribution in [0.4, 0.5) is 4.79 Å². The minimum absolute atomic E-state index is 0.158. The second-order valence-electron chi connectivity index (χ2n) is 7.59. The number of ether oxygens (including phenoxy) is 1. The summed E-state index contributed by atoms with van der Waals surface area (Å²) in [6, 6.07) is 1.18. The van der Waals surface area contributed by atoms with Gasteiger partial charge in [-0.25, -0.2) is 4.79 Å². The molecule has 2 fully saturated rings. The fourth-order valence-electron chi connectivity index (χ4n) is 3.22. The molecule has 1 amide bonds. The molecule has 0 aromatic rings. The summed E-state index contributed by atoms with van der Waals surface area (Å²) in [5.74, 6) is 1.30. The van der Waals surface area contributed by atoms with Crippen LogP contribution in [-0.2, 0) is 4.74 Å². The third-order valence-electron chi connectivity index (χ3n) is 4.44. The number of thioether (sulfide) groups is 1. The zero-order chi connectivity index (χ0) is 16.2. The number of rotatable bonds is 2. The summed E-state index contributed by atoms with van der Waals surface area (Å²) in [7, 11) is 0. The predicted molar refractivity (Wildman–Crippen MR) is 93.5 cm³/mol. The van der Waals surface area contributed by atoms with E-state index in [1.807, 2.05) is 25.7 Å². The van der Waals surface area contributed by atoms with E-state index in [-0.39, 0.29) is 6.09 Å². The highest BCUT2D eigenvalue weighted by molar-refractivity contribution is 7.99. The second-order valence-corrected chi connectivity index (χ2v) is 9.07. The first-order chi connectivity index (χ1) is 10.3. The van der Waals surface area contributed by atoms with Crippen LogP contribution in [0.25, 0.3) is 0 Å². The number of hydrogen-bond acceptors (Lipinski definition) is 4. The summed E-state index contributed by atoms with van der Waals surface area (Å²) in [5, 5.41) is 4.56. The Morgan fingerprint density at radius 2 is 1.95 bits per heavy atom. The molecule has 0 saturated carbocycles. The Kier molecular flexibility index (Phi) is 6.45. The van der Waals surface area contributed by atoms with Crippen molar-refractivity contribution < 1.29 is 9.53 Å². The van der Waals surface area contributed by atoms with Crippen molar-refractivity contribution in [1.82, 2.24) is 10.2 Å². The number of amides is 1. The summed E-state index contributed by atoms with van der Waals surface area (Å²) in [6.45, 7) is 9.74. The third kappa shape index (κ3) is 5.65. The van der Waals surface area contributed by atoms with E-state index in [0.29, 0.717) is 17.3 Å². The van der Waals surface area contributed by atoms with Gasteiger partial charge in [-0.2, -0.15) is 11.8 Å². The van der Waals surface area contributed by atoms with Gasteiger partial charge >= 0.3 is 6.09 Å². The van der Waals surface area contributed by atoms with Crippen LogP contribution in [0.1, 0.15) is 59.8 Å². The van der Waals surface area contributed by atoms with E-state index in [9.17, 15) is 4.79 Å². The molecule has 0 bridgehead atoms. The molecule has 0 radical (unpaired) electrons. The maximum Gasteiger partial charge on any atom is 0.410 e. The van der Waals surface area contributed by atoms with Gasteiger partial charge in [0.05, 0.1) is 0 Å². The molecule has 22 heavy (non-hydrogen) atoms. The minimum Gasteiger partial charge on any atom is -0.444 e. The van der Waals surface area contributed by atoms with Gasteiger partial charge in [0, 0.05) is 30.4 Å². The maximum absolute atomic E-state index is 12.2. The Hall–Kier alpha value is -0.420. The lowest BCUT2D eigenvalue weighted by atomic mass is 10.0. The highest BCUT2D eigenvalue weighted by Gasteiger charge is 2.28. The Labute approximate surface area is 139 Å². The van der Waals surface area contributed by atoms with Gasteiger partial charge in [-0.05, 0) is 58.6 Å². The Morgan fingerprint density at radius 1 is 1.18 bits per heavy atom. The van der Waals surface area contributed by atoms with Gasteiger partial charge in [0.1, 0.15) is 5.60 Å². The van der Waals surface area contributed by atoms with Crippen LogP contribution in [0.2, 0.25) is 0 Å². The molecule has 0 aromatic heterocycles. The van der Waals surface area contributed by atoms with Crippen molar-refractivity contribution >= 4 is 17.9 Å². The van der Waals surface area contributed by atoms with Crippen molar-refractivity contribution in [2.24, 2.45) is 0 Å². The molecule has 128 valence electrons. The number of likely N-dealkylation sites (tertiary alicyclic amines) is 1. The largest absolute Gasteiger partial charge is 0.444 e. The number of carbonyl (C=O) groups is 1. The molecule has 1 N–H and O–H groups in total. The molecule has 0 spiro atoms. The molecular formula is C17H32N2O2S. The Bertz CT molecular complexity index is 370. The molecule has 4 nitrogen and oxygen atoms in total. The topological polar surface area (TPSA) is 41.6 Å². The summed E-state index contributed by atoms with van der Waals surface area (Å²) < 4.78 is 5.50. The third-order valence-corrected chi connectivity index (χ3v) is 5.82. The van der Waals surface area contributed by atoms with E-state index >= 15 is 0 Å². The van der Waals surface area contributed by atoms with Crippen LogP contribution in [-0.4, -0.2) is 52.8 Å². The summed E-state index contributed by atoms with van der Waals surface area (Å²) in [6.07, 6.45) is 5.71. The van der Waals surface area contributed by atoms with Crippen LogP contribution in [0.15, 0.2) is 0 Å². The molecule has 2 rings (SSSR count). The lowest BCUT2D eigenvalue weighted by molar-refractivity contribution is 0.0256. The molecule has 2 aliphatic rings. The van der Waals surface area contributed by atoms with E-state index in [0.717, 1.165) is 32.4 Å². The number of nitrogens with one attached hydrogen (secondary N) is 1. The van der Waals surface area contributed by atoms with Crippen LogP contribution < -0.4 is 5.32 Å². The van der Waals surface area contributed by atoms with E-state index in [2.05, 4.69) is 24.0 Å². The number of carbonyl (C=O) groups excluding carboxylic acids is 1. The van der Waals surface area contributed by atoms with Crippen LogP contribution in [0.5, 0.6) is 0 Å². The first kappa shape index (κ1) is 17.9. The highest BCUT2D eigenvalue weighted by atomic mass is 32.2. The van der Waals surface area contributed by atoms with Crippen LogP contribution >= 0.6 is 11.8 Å². The predicted octanol–water partition coefficient (Wildman–Crippen LogP) is 3.65. The fraction of sp³-hybridized carbons (Fsp3) is 0.941. The molecule has 3 atom stereocenters. The number of nitrogens with zero attached hydrogens (tertiary/aromatic N) is 1. The van der Waals surface area contributed by atoms with Gasteiger partial charge in [-0.3, -0.25) is 0 Å². The zero-order valence-corrected chi connectivity index (χ0v) is 15.4. The number of hydrogen-bond donors (Lipinski definition) is 1. The summed E-state index contributed by atoms with van der Waals surface area (Å²) in [5.41, 5.74) is -0.407. The first-order valence-electron chi connectivity index (χ1n) is 8.71. The molecule has 0 aromatic carbocycles. The molecular weight excluding hydrogens is 296 g/mol. The highest BCUT2D eigenvalue weighted by Crippen LogP contribution is 2.26. The molecule has 2 heterocycles. The molecule has 3 unspecified atom stereocenters. The van der Waals surface area contributed by atoms with Crippen LogP contribution in [0, 0.1) is 0 Å². The van der Waals surface area contributed by atoms with Crippen molar-refractivity contribution in [3.63, 3.8) is 0 Å². The minimum atomic E-state index is -0.407. The summed E-state index contributed by atoms with van der Waals surface area (Å²) in [4.78, 5) is 14.1. The van der Waals surface area contributed by atoms with Gasteiger partial charge in [0.25, 0.3) is 0 Å². The first-order valence-corrected chi connectivity index (χ1v) is 9.75. The summed E-state index contributed by atoms with van der Waals surface area (Å²) >= 11 is 2.08. The average molecular weight is 329 g/mol. The zero-order valence-electron chi connectivity index (χ0n) is 14.6. The van der Waals surface area contributed by atoms with E-state index < -0.39 is 5.60 Å². The smallest absolute Gasteiger partial charge is 0.410 e. The van der Waals surface area contributed by atoms with Crippen molar-refractivity contribution in [2.75, 3.05) is 18.8 Å². The standard InChI is InChI=1S/C17H32N2O2S/c1-13-15(8-6-12-22-13)18-14-7-5-10-19(11-9-14)16(20)21-17(2,3)4/h13-15,18H,5-12H2,1-4H3. The van der Waals surface area contributed by atoms with Gasteiger partial charge in [-0.1, -0.05) is 6.92 Å². The van der Waals surface area contributed by atoms with E-state index in [1.165, 1.54) is 18.6 Å². The molecule has 0 aliphatic carbocycles. The second kappa shape index (κ2) is 7.91. The lowest BCUT2D eigenvalue weighted by Gasteiger charge is -2.32. The molecule has 2 aliphatic heterocycles. The van der Waals surface area contributed by atoms with E-state index in [4.69, 9.17) is 4.74 Å². The van der Waals surface area contributed by atoms with Crippen LogP contribution in [0.3, 0.4) is 0 Å². The molecule has 5 heteroatoms. The fourth-order valence-corrected chi connectivity index (χ4v) is 4.37. The molecule has 2 saturated heterocycles. The van der Waals surface area contributed by atoms with Gasteiger partial charge in [0.15, 0.2) is 0 Å². The van der Waals surface area contributed by atoms with Crippen molar-refractivity contribution in [3.05, 3.63) is 0 Å². The Balaban J connectivity index is 1.80. The monoisotopic (exact) mass is 328 g/mol. The van der Waals surface area contributed by atoms with Crippen molar-refractivity contribution in [2.45, 2.75) is 82.7 Å². The normalized spacial score (nSPS) is 30.7. The SMILES string of the molecule is CC1SCCCC1NC1CCCN(C(=O)OC(C)(C)C)CC1. The quantitative estimate of drug-likeness (QED) is 0.840. The Morgan fingerprint density at radius 3 is 2.64 bits per heavy atom. The maximum atomic E-state index is 12.2. The van der Waals surface area contributed by atoms with E-state index in [1.54, 1.807) is 0 Å². The van der Waals surface area contributed by atoms with Gasteiger partial charge in [0.2, 0.25) is 0 Å². The van der Waals surface area contributed by atoms with Gasteiger partial charge < -0.3 is 15.0 Å². The van der Waals surface area contributed by atoms with Gasteiger partial charge in [-0.15, -0.1) is 0 Å². The lowest BCUT2D eigenvalue weighted by Crippen LogP contribution is -2.45. The van der Waals surface area contributed by atoms with Crippen molar-refractivity contribution in [3.8, 4) is 0 Å². The average Bonchev–Trinajstić information content (AvgIpc) is 2.65. The van der Waals surface area contributed by atoms with Crippen molar-refractivity contribution in [1.29, 1.82) is 0 Å².